The second-order valence-corrected chi connectivity index (χ2v) is 4.58. The summed E-state index contributed by atoms with van der Waals surface area (Å²) >= 11 is 0. The molecule has 2 saturated heterocycles. The van der Waals surface area contributed by atoms with E-state index in [2.05, 4.69) is 18.7 Å². The van der Waals surface area contributed by atoms with Crippen LogP contribution in [0.4, 0.5) is 0 Å². The molecule has 0 saturated carbocycles. The lowest BCUT2D eigenvalue weighted by atomic mass is 10.2. The van der Waals surface area contributed by atoms with Crippen molar-refractivity contribution in [3.8, 4) is 0 Å². The summed E-state index contributed by atoms with van der Waals surface area (Å²) in [5.41, 5.74) is 0. The van der Waals surface area contributed by atoms with Crippen LogP contribution in [-0.4, -0.2) is 49.5 Å². The van der Waals surface area contributed by atoms with E-state index < -0.39 is 0 Å². The Bertz CT molecular complexity index is 184. The Kier molecular flexibility index (Phi) is 3.42. The number of nitrogens with zero attached hydrogens (tertiary/aromatic N) is 1. The van der Waals surface area contributed by atoms with Crippen molar-refractivity contribution >= 4 is 0 Å². The van der Waals surface area contributed by atoms with E-state index in [4.69, 9.17) is 9.47 Å². The number of morpholine rings is 1. The smallest absolute Gasteiger partial charge is 0.0625 e. The van der Waals surface area contributed by atoms with E-state index >= 15 is 0 Å². The first-order valence-corrected chi connectivity index (χ1v) is 5.72. The molecular weight excluding hydrogens is 178 g/mol. The molecule has 2 fully saturated rings. The Balaban J connectivity index is 1.81. The molecule has 82 valence electrons. The summed E-state index contributed by atoms with van der Waals surface area (Å²) in [5.74, 6) is 0. The van der Waals surface area contributed by atoms with Crippen molar-refractivity contribution in [1.29, 1.82) is 0 Å². The van der Waals surface area contributed by atoms with Crippen molar-refractivity contribution in [2.24, 2.45) is 0 Å². The molecular formula is C11H21NO2. The van der Waals surface area contributed by atoms with Crippen LogP contribution < -0.4 is 0 Å². The number of rotatable bonds is 3. The third-order valence-corrected chi connectivity index (χ3v) is 3.20. The van der Waals surface area contributed by atoms with Gasteiger partial charge in [-0.05, 0) is 26.7 Å². The Morgan fingerprint density at radius 1 is 1.43 bits per heavy atom. The zero-order valence-corrected chi connectivity index (χ0v) is 9.24. The third-order valence-electron chi connectivity index (χ3n) is 3.20. The minimum atomic E-state index is 0.357. The Hall–Kier alpha value is -0.120. The van der Waals surface area contributed by atoms with Gasteiger partial charge in [-0.25, -0.2) is 0 Å². The van der Waals surface area contributed by atoms with Crippen molar-refractivity contribution < 1.29 is 9.47 Å². The van der Waals surface area contributed by atoms with Crippen LogP contribution in [0.25, 0.3) is 0 Å². The maximum absolute atomic E-state index is 5.69. The standard InChI is InChI=1S/C11H21NO2/c1-9(2)14-8-11-4-3-10-7-13-6-5-12(10)11/h9-11H,3-8H2,1-2H3. The van der Waals surface area contributed by atoms with Gasteiger partial charge in [0.2, 0.25) is 0 Å². The van der Waals surface area contributed by atoms with Gasteiger partial charge in [0, 0.05) is 18.6 Å². The van der Waals surface area contributed by atoms with Crippen LogP contribution in [0.2, 0.25) is 0 Å². The van der Waals surface area contributed by atoms with Crippen molar-refractivity contribution in [2.45, 2.75) is 44.9 Å². The van der Waals surface area contributed by atoms with Gasteiger partial charge < -0.3 is 9.47 Å². The second-order valence-electron chi connectivity index (χ2n) is 4.58. The second kappa shape index (κ2) is 4.60. The summed E-state index contributed by atoms with van der Waals surface area (Å²) in [6.07, 6.45) is 2.92. The molecule has 0 aliphatic carbocycles. The zero-order chi connectivity index (χ0) is 9.97. The molecule has 0 aromatic carbocycles. The van der Waals surface area contributed by atoms with Crippen LogP contribution in [-0.2, 0) is 9.47 Å². The van der Waals surface area contributed by atoms with Gasteiger partial charge in [-0.3, -0.25) is 4.90 Å². The molecule has 0 radical (unpaired) electrons. The van der Waals surface area contributed by atoms with E-state index in [0.29, 0.717) is 18.2 Å². The average molecular weight is 199 g/mol. The fourth-order valence-electron chi connectivity index (χ4n) is 2.43. The van der Waals surface area contributed by atoms with Gasteiger partial charge in [0.05, 0.1) is 25.9 Å². The molecule has 3 nitrogen and oxygen atoms in total. The highest BCUT2D eigenvalue weighted by atomic mass is 16.5. The quantitative estimate of drug-likeness (QED) is 0.683. The minimum Gasteiger partial charge on any atom is -0.378 e. The summed E-state index contributed by atoms with van der Waals surface area (Å²) < 4.78 is 11.2. The molecule has 2 aliphatic heterocycles. The molecule has 2 unspecified atom stereocenters. The van der Waals surface area contributed by atoms with Crippen molar-refractivity contribution in [3.63, 3.8) is 0 Å². The molecule has 0 bridgehead atoms. The summed E-state index contributed by atoms with van der Waals surface area (Å²) in [6.45, 7) is 8.02. The fourth-order valence-corrected chi connectivity index (χ4v) is 2.43. The van der Waals surface area contributed by atoms with Crippen LogP contribution in [0.15, 0.2) is 0 Å². The first kappa shape index (κ1) is 10.4. The predicted molar refractivity (Wildman–Crippen MR) is 55.4 cm³/mol. The van der Waals surface area contributed by atoms with E-state index in [0.717, 1.165) is 26.4 Å². The largest absolute Gasteiger partial charge is 0.378 e. The molecule has 0 aromatic rings. The number of hydrogen-bond donors (Lipinski definition) is 0. The maximum Gasteiger partial charge on any atom is 0.0625 e. The summed E-state index contributed by atoms with van der Waals surface area (Å²) in [6, 6.07) is 1.32. The molecule has 0 aromatic heterocycles. The van der Waals surface area contributed by atoms with Gasteiger partial charge in [-0.15, -0.1) is 0 Å². The van der Waals surface area contributed by atoms with E-state index in [9.17, 15) is 0 Å². The van der Waals surface area contributed by atoms with Crippen molar-refractivity contribution in [3.05, 3.63) is 0 Å². The fraction of sp³-hybridized carbons (Fsp3) is 1.00. The molecule has 14 heavy (non-hydrogen) atoms. The highest BCUT2D eigenvalue weighted by Gasteiger charge is 2.35. The molecule has 0 spiro atoms. The lowest BCUT2D eigenvalue weighted by Gasteiger charge is -2.33. The zero-order valence-electron chi connectivity index (χ0n) is 9.24. The van der Waals surface area contributed by atoms with Crippen LogP contribution >= 0.6 is 0 Å². The topological polar surface area (TPSA) is 21.7 Å². The number of hydrogen-bond acceptors (Lipinski definition) is 3. The normalized spacial score (nSPS) is 33.6. The summed E-state index contributed by atoms with van der Waals surface area (Å²) in [5, 5.41) is 0. The van der Waals surface area contributed by atoms with E-state index in [1.807, 2.05) is 0 Å². The number of fused-ring (bicyclic) bond motifs is 1. The summed E-state index contributed by atoms with van der Waals surface area (Å²) in [7, 11) is 0. The Labute approximate surface area is 86.4 Å². The van der Waals surface area contributed by atoms with E-state index in [1.165, 1.54) is 12.8 Å². The van der Waals surface area contributed by atoms with Gasteiger partial charge in [0.1, 0.15) is 0 Å². The third kappa shape index (κ3) is 2.27. The van der Waals surface area contributed by atoms with Gasteiger partial charge in [0.25, 0.3) is 0 Å². The predicted octanol–water partition coefficient (Wildman–Crippen LogP) is 1.27. The van der Waals surface area contributed by atoms with Crippen molar-refractivity contribution in [2.75, 3.05) is 26.4 Å². The van der Waals surface area contributed by atoms with Crippen LogP contribution in [0, 0.1) is 0 Å². The average Bonchev–Trinajstić information content (AvgIpc) is 2.58. The lowest BCUT2D eigenvalue weighted by Crippen LogP contribution is -2.46. The molecule has 0 N–H and O–H groups in total. The van der Waals surface area contributed by atoms with E-state index in [1.54, 1.807) is 0 Å². The summed E-state index contributed by atoms with van der Waals surface area (Å²) in [4.78, 5) is 2.58. The van der Waals surface area contributed by atoms with Crippen LogP contribution in [0.3, 0.4) is 0 Å². The van der Waals surface area contributed by atoms with Crippen LogP contribution in [0.5, 0.6) is 0 Å². The first-order valence-electron chi connectivity index (χ1n) is 5.72. The van der Waals surface area contributed by atoms with Crippen LogP contribution in [0.1, 0.15) is 26.7 Å². The minimum absolute atomic E-state index is 0.357. The van der Waals surface area contributed by atoms with E-state index in [-0.39, 0.29) is 0 Å². The SMILES string of the molecule is CC(C)OCC1CCC2COCCN21. The highest BCUT2D eigenvalue weighted by molar-refractivity contribution is 4.89. The lowest BCUT2D eigenvalue weighted by molar-refractivity contribution is -0.0288. The Morgan fingerprint density at radius 3 is 3.07 bits per heavy atom. The molecule has 2 aliphatic rings. The maximum atomic E-state index is 5.69. The molecule has 2 atom stereocenters. The molecule has 2 rings (SSSR count). The van der Waals surface area contributed by atoms with Crippen molar-refractivity contribution in [1.82, 2.24) is 4.90 Å². The van der Waals surface area contributed by atoms with Gasteiger partial charge in [0.15, 0.2) is 0 Å². The molecule has 0 amide bonds. The first-order chi connectivity index (χ1) is 6.77. The molecule has 2 heterocycles. The molecule has 3 heteroatoms. The van der Waals surface area contributed by atoms with Gasteiger partial charge in [-0.2, -0.15) is 0 Å². The number of ether oxygens (including phenoxy) is 2. The van der Waals surface area contributed by atoms with Gasteiger partial charge >= 0.3 is 0 Å². The highest BCUT2D eigenvalue weighted by Crippen LogP contribution is 2.26. The monoisotopic (exact) mass is 199 g/mol. The Morgan fingerprint density at radius 2 is 2.29 bits per heavy atom. The van der Waals surface area contributed by atoms with Gasteiger partial charge in [-0.1, -0.05) is 0 Å².